The molecule has 1 unspecified atom stereocenters. The van der Waals surface area contributed by atoms with Gasteiger partial charge in [0.15, 0.2) is 0 Å². The van der Waals surface area contributed by atoms with Crippen molar-refractivity contribution in [1.82, 2.24) is 0 Å². The van der Waals surface area contributed by atoms with Crippen molar-refractivity contribution in [2.75, 3.05) is 17.7 Å². The van der Waals surface area contributed by atoms with E-state index in [0.29, 0.717) is 18.8 Å². The lowest BCUT2D eigenvalue weighted by molar-refractivity contribution is 0.00556. The fourth-order valence-electron chi connectivity index (χ4n) is 2.38. The van der Waals surface area contributed by atoms with E-state index in [-0.39, 0.29) is 18.8 Å². The van der Waals surface area contributed by atoms with Crippen molar-refractivity contribution < 1.29 is 8.78 Å². The van der Waals surface area contributed by atoms with Gasteiger partial charge >= 0.3 is 0 Å². The van der Waals surface area contributed by atoms with E-state index in [9.17, 15) is 8.78 Å². The van der Waals surface area contributed by atoms with Gasteiger partial charge in [-0.15, -0.1) is 11.6 Å². The second-order valence-corrected chi connectivity index (χ2v) is 5.36. The third-order valence-electron chi connectivity index (χ3n) is 3.44. The van der Waals surface area contributed by atoms with Gasteiger partial charge in [0.2, 0.25) is 5.92 Å². The quantitative estimate of drug-likeness (QED) is 0.788. The third-order valence-corrected chi connectivity index (χ3v) is 3.63. The number of hydrogen-bond donors (Lipinski definition) is 1. The Labute approximate surface area is 112 Å². The van der Waals surface area contributed by atoms with Crippen molar-refractivity contribution in [3.63, 3.8) is 0 Å². The van der Waals surface area contributed by atoms with Gasteiger partial charge < -0.3 is 5.32 Å². The molecule has 0 aromatic heterocycles. The summed E-state index contributed by atoms with van der Waals surface area (Å²) in [5, 5.41) is 3.23. The number of alkyl halides is 3. The van der Waals surface area contributed by atoms with E-state index in [2.05, 4.69) is 5.32 Å². The molecule has 1 saturated carbocycles. The molecule has 1 aliphatic rings. The second-order valence-electron chi connectivity index (χ2n) is 4.98. The molecule has 4 heteroatoms. The molecule has 1 nitrogen and oxygen atoms in total. The highest BCUT2D eigenvalue weighted by molar-refractivity contribution is 6.17. The Morgan fingerprint density at radius 3 is 2.56 bits per heavy atom. The normalized spacial score (nSPS) is 22.1. The predicted octanol–water partition coefficient (Wildman–Crippen LogP) is 4.32. The first kappa shape index (κ1) is 13.6. The number of anilines is 1. The maximum Gasteiger partial charge on any atom is 0.248 e. The Morgan fingerprint density at radius 2 is 2.00 bits per heavy atom. The van der Waals surface area contributed by atoms with E-state index in [0.717, 1.165) is 12.1 Å². The summed E-state index contributed by atoms with van der Waals surface area (Å²) in [5.74, 6) is -1.75. The van der Waals surface area contributed by atoms with Crippen molar-refractivity contribution >= 4 is 17.3 Å². The number of rotatable bonds is 5. The van der Waals surface area contributed by atoms with E-state index < -0.39 is 5.92 Å². The first-order valence-electron chi connectivity index (χ1n) is 6.36. The standard InChI is InChI=1S/C14H18ClF2N/c15-8-6-11-1-3-13(4-2-11)18-10-12-5-7-14(16,17)9-12/h1-4,12,18H,5-10H2. The van der Waals surface area contributed by atoms with Crippen LogP contribution in [0.2, 0.25) is 0 Å². The summed E-state index contributed by atoms with van der Waals surface area (Å²) in [6.45, 7) is 0.629. The molecule has 1 aliphatic carbocycles. The summed E-state index contributed by atoms with van der Waals surface area (Å²) in [5.41, 5.74) is 2.19. The van der Waals surface area contributed by atoms with Crippen LogP contribution in [0.1, 0.15) is 24.8 Å². The fraction of sp³-hybridized carbons (Fsp3) is 0.571. The second kappa shape index (κ2) is 5.87. The van der Waals surface area contributed by atoms with Crippen molar-refractivity contribution in [1.29, 1.82) is 0 Å². The van der Waals surface area contributed by atoms with Crippen molar-refractivity contribution in [2.45, 2.75) is 31.6 Å². The van der Waals surface area contributed by atoms with Crippen molar-refractivity contribution in [3.8, 4) is 0 Å². The maximum atomic E-state index is 13.0. The van der Waals surface area contributed by atoms with Crippen LogP contribution in [0.4, 0.5) is 14.5 Å². The minimum absolute atomic E-state index is 0.0182. The van der Waals surface area contributed by atoms with Crippen molar-refractivity contribution in [2.24, 2.45) is 5.92 Å². The van der Waals surface area contributed by atoms with E-state index in [1.165, 1.54) is 5.56 Å². The first-order valence-corrected chi connectivity index (χ1v) is 6.89. The molecule has 0 heterocycles. The molecular weight excluding hydrogens is 256 g/mol. The third kappa shape index (κ3) is 3.84. The summed E-state index contributed by atoms with van der Waals surface area (Å²) in [6, 6.07) is 8.01. The van der Waals surface area contributed by atoms with Gasteiger partial charge in [-0.05, 0) is 36.5 Å². The monoisotopic (exact) mass is 273 g/mol. The summed E-state index contributed by atoms with van der Waals surface area (Å²) in [6.07, 6.45) is 1.53. The SMILES string of the molecule is FC1(F)CCC(CNc2ccc(CCCl)cc2)C1. The van der Waals surface area contributed by atoms with E-state index in [4.69, 9.17) is 11.6 Å². The number of aryl methyl sites for hydroxylation is 1. The Morgan fingerprint density at radius 1 is 1.28 bits per heavy atom. The van der Waals surface area contributed by atoms with E-state index in [1.807, 2.05) is 24.3 Å². The number of benzene rings is 1. The average Bonchev–Trinajstić information content (AvgIpc) is 2.69. The summed E-state index contributed by atoms with van der Waals surface area (Å²) in [4.78, 5) is 0. The number of halogens is 3. The van der Waals surface area contributed by atoms with E-state index >= 15 is 0 Å². The average molecular weight is 274 g/mol. The number of nitrogens with one attached hydrogen (secondary N) is 1. The lowest BCUT2D eigenvalue weighted by Gasteiger charge is -2.13. The summed E-state index contributed by atoms with van der Waals surface area (Å²) >= 11 is 5.66. The Kier molecular flexibility index (Phi) is 4.44. The van der Waals surface area contributed by atoms with Crippen LogP contribution in [0.15, 0.2) is 24.3 Å². The molecule has 0 aliphatic heterocycles. The van der Waals surface area contributed by atoms with Gasteiger partial charge in [-0.3, -0.25) is 0 Å². The Hall–Kier alpha value is -0.830. The maximum absolute atomic E-state index is 13.0. The smallest absolute Gasteiger partial charge is 0.248 e. The van der Waals surface area contributed by atoms with Gasteiger partial charge in [0, 0.05) is 31.0 Å². The molecule has 0 spiro atoms. The lowest BCUT2D eigenvalue weighted by atomic mass is 10.1. The lowest BCUT2D eigenvalue weighted by Crippen LogP contribution is -2.15. The summed E-state index contributed by atoms with van der Waals surface area (Å²) < 4.78 is 26.0. The van der Waals surface area contributed by atoms with Gasteiger partial charge in [-0.1, -0.05) is 12.1 Å². The van der Waals surface area contributed by atoms with Crippen LogP contribution >= 0.6 is 11.6 Å². The Bertz CT molecular complexity index is 378. The zero-order valence-electron chi connectivity index (χ0n) is 10.3. The highest BCUT2D eigenvalue weighted by Gasteiger charge is 2.38. The molecule has 1 aromatic carbocycles. The van der Waals surface area contributed by atoms with Crippen LogP contribution in [-0.4, -0.2) is 18.3 Å². The van der Waals surface area contributed by atoms with E-state index in [1.54, 1.807) is 0 Å². The number of hydrogen-bond acceptors (Lipinski definition) is 1. The zero-order valence-corrected chi connectivity index (χ0v) is 11.0. The van der Waals surface area contributed by atoms with Gasteiger partial charge in [0.25, 0.3) is 0 Å². The molecule has 1 aromatic rings. The Balaban J connectivity index is 1.80. The van der Waals surface area contributed by atoms with Gasteiger partial charge in [-0.25, -0.2) is 8.78 Å². The predicted molar refractivity (Wildman–Crippen MR) is 71.6 cm³/mol. The van der Waals surface area contributed by atoms with Gasteiger partial charge in [-0.2, -0.15) is 0 Å². The molecule has 1 atom stereocenters. The largest absolute Gasteiger partial charge is 0.385 e. The molecule has 100 valence electrons. The molecular formula is C14H18ClF2N. The van der Waals surface area contributed by atoms with Crippen LogP contribution in [0.25, 0.3) is 0 Å². The van der Waals surface area contributed by atoms with Crippen LogP contribution in [-0.2, 0) is 6.42 Å². The van der Waals surface area contributed by atoms with Crippen LogP contribution in [0.5, 0.6) is 0 Å². The fourth-order valence-corrected chi connectivity index (χ4v) is 2.59. The molecule has 1 fully saturated rings. The van der Waals surface area contributed by atoms with Crippen molar-refractivity contribution in [3.05, 3.63) is 29.8 Å². The van der Waals surface area contributed by atoms with Crippen LogP contribution < -0.4 is 5.32 Å². The molecule has 1 N–H and O–H groups in total. The first-order chi connectivity index (χ1) is 8.59. The molecule has 0 amide bonds. The summed E-state index contributed by atoms with van der Waals surface area (Å²) in [7, 11) is 0. The highest BCUT2D eigenvalue weighted by atomic mass is 35.5. The molecule has 0 saturated heterocycles. The zero-order chi connectivity index (χ0) is 13.0. The molecule has 0 radical (unpaired) electrons. The molecule has 0 bridgehead atoms. The van der Waals surface area contributed by atoms with Gasteiger partial charge in [0.1, 0.15) is 0 Å². The van der Waals surface area contributed by atoms with Crippen LogP contribution in [0.3, 0.4) is 0 Å². The van der Waals surface area contributed by atoms with Crippen LogP contribution in [0, 0.1) is 5.92 Å². The molecule has 18 heavy (non-hydrogen) atoms. The minimum atomic E-state index is -2.45. The highest BCUT2D eigenvalue weighted by Crippen LogP contribution is 2.38. The van der Waals surface area contributed by atoms with Gasteiger partial charge in [0.05, 0.1) is 0 Å². The molecule has 2 rings (SSSR count). The minimum Gasteiger partial charge on any atom is -0.385 e. The topological polar surface area (TPSA) is 12.0 Å².